The summed E-state index contributed by atoms with van der Waals surface area (Å²) in [4.78, 5) is 17.2. The number of amides is 1. The van der Waals surface area contributed by atoms with E-state index < -0.39 is 0 Å². The van der Waals surface area contributed by atoms with Crippen molar-refractivity contribution in [3.63, 3.8) is 0 Å². The summed E-state index contributed by atoms with van der Waals surface area (Å²) in [5, 5.41) is 0. The summed E-state index contributed by atoms with van der Waals surface area (Å²) in [6, 6.07) is 12.5. The standard InChI is InChI=1S/C20H25N3O2/c1-15-5-7-17(8-6-15)25-18-12-16-13-23(11-10-22(16)14-18)20(24)19-4-3-9-21(19)2/h3-9,16,18H,10-14H2,1-2H3/t16-,18-/m1/s1. The zero-order chi connectivity index (χ0) is 17.4. The van der Waals surface area contributed by atoms with Crippen LogP contribution in [0.3, 0.4) is 0 Å². The molecule has 132 valence electrons. The normalized spacial score (nSPS) is 23.5. The molecule has 3 heterocycles. The number of carbonyl (C=O) groups excluding carboxylic acids is 1. The molecule has 1 aromatic heterocycles. The number of aryl methyl sites for hydroxylation is 2. The minimum Gasteiger partial charge on any atom is -0.489 e. The van der Waals surface area contributed by atoms with Gasteiger partial charge in [-0.1, -0.05) is 17.7 Å². The smallest absolute Gasteiger partial charge is 0.270 e. The van der Waals surface area contributed by atoms with E-state index in [1.807, 2.05) is 47.0 Å². The Morgan fingerprint density at radius 1 is 1.12 bits per heavy atom. The van der Waals surface area contributed by atoms with Gasteiger partial charge in [-0.15, -0.1) is 0 Å². The molecule has 0 saturated carbocycles. The number of benzene rings is 1. The van der Waals surface area contributed by atoms with E-state index in [-0.39, 0.29) is 12.0 Å². The van der Waals surface area contributed by atoms with Gasteiger partial charge in [0, 0.05) is 51.9 Å². The molecule has 2 aliphatic rings. The molecule has 0 bridgehead atoms. The number of hydrogen-bond donors (Lipinski definition) is 0. The van der Waals surface area contributed by atoms with Gasteiger partial charge < -0.3 is 14.2 Å². The fourth-order valence-electron chi connectivity index (χ4n) is 3.92. The molecule has 2 aromatic rings. The van der Waals surface area contributed by atoms with Crippen LogP contribution in [0.15, 0.2) is 42.6 Å². The van der Waals surface area contributed by atoms with Gasteiger partial charge in [-0.3, -0.25) is 9.69 Å². The zero-order valence-corrected chi connectivity index (χ0v) is 14.9. The lowest BCUT2D eigenvalue weighted by Gasteiger charge is -2.37. The van der Waals surface area contributed by atoms with Gasteiger partial charge in [0.25, 0.3) is 5.91 Å². The number of piperazine rings is 1. The predicted octanol–water partition coefficient (Wildman–Crippen LogP) is 2.31. The average molecular weight is 339 g/mol. The van der Waals surface area contributed by atoms with Crippen LogP contribution in [0.1, 0.15) is 22.5 Å². The molecule has 0 N–H and O–H groups in total. The molecule has 0 aliphatic carbocycles. The summed E-state index contributed by atoms with van der Waals surface area (Å²) in [6.07, 6.45) is 3.10. The van der Waals surface area contributed by atoms with Crippen molar-refractivity contribution in [2.45, 2.75) is 25.5 Å². The summed E-state index contributed by atoms with van der Waals surface area (Å²) in [6.45, 7) is 5.53. The van der Waals surface area contributed by atoms with Crippen molar-refractivity contribution in [3.8, 4) is 5.75 Å². The summed E-state index contributed by atoms with van der Waals surface area (Å²) in [5.41, 5.74) is 2.00. The van der Waals surface area contributed by atoms with E-state index >= 15 is 0 Å². The van der Waals surface area contributed by atoms with E-state index in [0.717, 1.165) is 44.0 Å². The van der Waals surface area contributed by atoms with Crippen molar-refractivity contribution in [1.29, 1.82) is 0 Å². The van der Waals surface area contributed by atoms with Gasteiger partial charge >= 0.3 is 0 Å². The lowest BCUT2D eigenvalue weighted by Crippen LogP contribution is -2.52. The van der Waals surface area contributed by atoms with Gasteiger partial charge in [0.2, 0.25) is 0 Å². The highest BCUT2D eigenvalue weighted by molar-refractivity contribution is 5.92. The van der Waals surface area contributed by atoms with E-state index in [2.05, 4.69) is 24.0 Å². The summed E-state index contributed by atoms with van der Waals surface area (Å²) >= 11 is 0. The first-order chi connectivity index (χ1) is 12.1. The van der Waals surface area contributed by atoms with Crippen LogP contribution in [0, 0.1) is 6.92 Å². The van der Waals surface area contributed by atoms with Crippen LogP contribution in [0.2, 0.25) is 0 Å². The topological polar surface area (TPSA) is 37.7 Å². The Bertz CT molecular complexity index is 753. The molecule has 5 nitrogen and oxygen atoms in total. The lowest BCUT2D eigenvalue weighted by atomic mass is 10.1. The quantitative estimate of drug-likeness (QED) is 0.861. The van der Waals surface area contributed by atoms with Crippen molar-refractivity contribution in [3.05, 3.63) is 53.9 Å². The summed E-state index contributed by atoms with van der Waals surface area (Å²) in [5.74, 6) is 1.07. The van der Waals surface area contributed by atoms with Crippen LogP contribution < -0.4 is 4.74 Å². The second-order valence-corrected chi connectivity index (χ2v) is 7.19. The molecular weight excluding hydrogens is 314 g/mol. The van der Waals surface area contributed by atoms with Crippen LogP contribution in [0.25, 0.3) is 0 Å². The number of rotatable bonds is 3. The third-order valence-corrected chi connectivity index (χ3v) is 5.35. The predicted molar refractivity (Wildman–Crippen MR) is 96.9 cm³/mol. The van der Waals surface area contributed by atoms with E-state index in [0.29, 0.717) is 6.04 Å². The third kappa shape index (κ3) is 3.29. The molecule has 2 saturated heterocycles. The van der Waals surface area contributed by atoms with Crippen molar-refractivity contribution in [2.24, 2.45) is 7.05 Å². The molecule has 25 heavy (non-hydrogen) atoms. The van der Waals surface area contributed by atoms with E-state index in [1.165, 1.54) is 5.56 Å². The highest BCUT2D eigenvalue weighted by Gasteiger charge is 2.38. The number of aromatic nitrogens is 1. The molecule has 2 fully saturated rings. The maximum absolute atomic E-state index is 12.7. The Morgan fingerprint density at radius 3 is 2.64 bits per heavy atom. The van der Waals surface area contributed by atoms with Crippen LogP contribution in [-0.4, -0.2) is 58.6 Å². The maximum Gasteiger partial charge on any atom is 0.270 e. The SMILES string of the molecule is Cc1ccc(O[C@@H]2C[C@@H]3CN(C(=O)c4cccn4C)CCN3C2)cc1. The number of hydrogen-bond acceptors (Lipinski definition) is 3. The molecule has 5 heteroatoms. The Hall–Kier alpha value is -2.27. The van der Waals surface area contributed by atoms with E-state index in [9.17, 15) is 4.79 Å². The van der Waals surface area contributed by atoms with Gasteiger partial charge in [0.1, 0.15) is 17.5 Å². The van der Waals surface area contributed by atoms with Gasteiger partial charge in [-0.2, -0.15) is 0 Å². The largest absolute Gasteiger partial charge is 0.489 e. The fraction of sp³-hybridized carbons (Fsp3) is 0.450. The minimum absolute atomic E-state index is 0.134. The number of fused-ring (bicyclic) bond motifs is 1. The molecule has 0 unspecified atom stereocenters. The lowest BCUT2D eigenvalue weighted by molar-refractivity contribution is 0.0561. The van der Waals surface area contributed by atoms with Crippen LogP contribution in [0.4, 0.5) is 0 Å². The second kappa shape index (κ2) is 6.56. The summed E-state index contributed by atoms with van der Waals surface area (Å²) < 4.78 is 8.06. The first-order valence-electron chi connectivity index (χ1n) is 8.98. The van der Waals surface area contributed by atoms with Gasteiger partial charge in [-0.05, 0) is 31.2 Å². The molecule has 1 amide bonds. The van der Waals surface area contributed by atoms with Gasteiger partial charge in [0.05, 0.1) is 0 Å². The maximum atomic E-state index is 12.7. The molecule has 0 radical (unpaired) electrons. The molecule has 1 aromatic carbocycles. The van der Waals surface area contributed by atoms with Crippen LogP contribution in [-0.2, 0) is 7.05 Å². The molecule has 2 aliphatic heterocycles. The van der Waals surface area contributed by atoms with Crippen molar-refractivity contribution < 1.29 is 9.53 Å². The average Bonchev–Trinajstić information content (AvgIpc) is 3.21. The minimum atomic E-state index is 0.134. The van der Waals surface area contributed by atoms with Crippen molar-refractivity contribution in [2.75, 3.05) is 26.2 Å². The Morgan fingerprint density at radius 2 is 1.92 bits per heavy atom. The monoisotopic (exact) mass is 339 g/mol. The molecule has 4 rings (SSSR count). The Balaban J connectivity index is 1.38. The fourth-order valence-corrected chi connectivity index (χ4v) is 3.92. The molecular formula is C20H25N3O2. The number of carbonyl (C=O) groups is 1. The van der Waals surface area contributed by atoms with Gasteiger partial charge in [-0.25, -0.2) is 0 Å². The van der Waals surface area contributed by atoms with Crippen LogP contribution in [0.5, 0.6) is 5.75 Å². The molecule has 2 atom stereocenters. The highest BCUT2D eigenvalue weighted by Crippen LogP contribution is 2.26. The Labute approximate surface area is 148 Å². The van der Waals surface area contributed by atoms with Gasteiger partial charge in [0.15, 0.2) is 0 Å². The second-order valence-electron chi connectivity index (χ2n) is 7.19. The highest BCUT2D eigenvalue weighted by atomic mass is 16.5. The number of ether oxygens (including phenoxy) is 1. The first-order valence-corrected chi connectivity index (χ1v) is 8.98. The van der Waals surface area contributed by atoms with Crippen LogP contribution >= 0.6 is 0 Å². The first kappa shape index (κ1) is 16.2. The Kier molecular flexibility index (Phi) is 4.25. The summed E-state index contributed by atoms with van der Waals surface area (Å²) in [7, 11) is 1.92. The zero-order valence-electron chi connectivity index (χ0n) is 14.9. The van der Waals surface area contributed by atoms with E-state index in [4.69, 9.17) is 4.74 Å². The third-order valence-electron chi connectivity index (χ3n) is 5.35. The molecule has 0 spiro atoms. The van der Waals surface area contributed by atoms with Crippen molar-refractivity contribution >= 4 is 5.91 Å². The van der Waals surface area contributed by atoms with E-state index in [1.54, 1.807) is 0 Å². The van der Waals surface area contributed by atoms with Crippen molar-refractivity contribution in [1.82, 2.24) is 14.4 Å². The number of nitrogens with zero attached hydrogens (tertiary/aromatic N) is 3.